The monoisotopic (exact) mass is 316 g/mol. The summed E-state index contributed by atoms with van der Waals surface area (Å²) in [4.78, 5) is 0. The van der Waals surface area contributed by atoms with Gasteiger partial charge >= 0.3 is 46.1 Å². The zero-order valence-electron chi connectivity index (χ0n) is 3.84. The van der Waals surface area contributed by atoms with Crippen LogP contribution in [0.2, 0.25) is 0 Å². The van der Waals surface area contributed by atoms with Gasteiger partial charge in [0.15, 0.2) is 0 Å². The minimum Gasteiger partial charge on any atom is -2.00 e. The van der Waals surface area contributed by atoms with E-state index in [1.165, 1.54) is 0 Å². The maximum atomic E-state index is 0. The minimum atomic E-state index is 0. The van der Waals surface area contributed by atoms with Gasteiger partial charge in [-0.2, -0.15) is 0 Å². The number of hydrogen-bond acceptors (Lipinski definition) is 0. The first kappa shape index (κ1) is 301. The summed E-state index contributed by atoms with van der Waals surface area (Å²) >= 11 is 0. The van der Waals surface area contributed by atoms with Crippen LogP contribution in [0.3, 0.4) is 0 Å². The smallest absolute Gasteiger partial charge is 2.00 e. The van der Waals surface area contributed by atoms with Crippen LogP contribution in [0.1, 0.15) is 0 Å². The van der Waals surface area contributed by atoms with Crippen molar-refractivity contribution in [2.24, 2.45) is 0 Å². The molecule has 55 valence electrons. The van der Waals surface area contributed by atoms with Crippen molar-refractivity contribution in [3.8, 4) is 0 Å². The molecule has 0 N–H and O–H groups in total. The van der Waals surface area contributed by atoms with Crippen LogP contribution in [0.25, 0.3) is 0 Å². The van der Waals surface area contributed by atoms with Crippen molar-refractivity contribution in [2.75, 3.05) is 0 Å². The fourth-order valence-electron chi connectivity index (χ4n) is 0. The van der Waals surface area contributed by atoms with Crippen LogP contribution in [0.5, 0.6) is 0 Å². The van der Waals surface area contributed by atoms with E-state index in [0.717, 1.165) is 0 Å². The Bertz CT molecular complexity index is 13.0. The summed E-state index contributed by atoms with van der Waals surface area (Å²) in [6, 6.07) is 0. The van der Waals surface area contributed by atoms with Gasteiger partial charge in [-0.25, -0.2) is 0 Å². The Morgan fingerprint density at radius 1 is 0.444 bits per heavy atom. The number of hydrogen-bond donors (Lipinski definition) is 0. The summed E-state index contributed by atoms with van der Waals surface area (Å²) in [7, 11) is 0. The molecule has 0 rings (SSSR count). The van der Waals surface area contributed by atoms with Crippen LogP contribution in [-0.2, 0) is 73.1 Å². The first-order chi connectivity index (χ1) is 0. The Morgan fingerprint density at radius 2 is 0.444 bits per heavy atom. The van der Waals surface area contributed by atoms with E-state index in [0.29, 0.717) is 0 Å². The van der Waals surface area contributed by atoms with Gasteiger partial charge in [0.2, 0.25) is 0 Å². The van der Waals surface area contributed by atoms with Gasteiger partial charge in [0.1, 0.15) is 0 Å². The minimum absolute atomic E-state index is 0. The molecule has 3 radical (unpaired) electrons. The van der Waals surface area contributed by atoms with Crippen molar-refractivity contribution < 1.29 is 73.1 Å². The summed E-state index contributed by atoms with van der Waals surface area (Å²) in [5.41, 5.74) is 0. The van der Waals surface area contributed by atoms with Crippen LogP contribution in [0, 0.1) is 0 Å². The Labute approximate surface area is 96.8 Å². The van der Waals surface area contributed by atoms with E-state index in [1.54, 1.807) is 0 Å². The second-order valence-corrected chi connectivity index (χ2v) is 0. The van der Waals surface area contributed by atoms with E-state index in [4.69, 9.17) is 0 Å². The molecule has 0 amide bonds. The fraction of sp³-hybridized carbons (Fsp3) is 0. The summed E-state index contributed by atoms with van der Waals surface area (Å²) < 4.78 is 0. The zero-order valence-corrected chi connectivity index (χ0v) is 9.35. The van der Waals surface area contributed by atoms with E-state index < -0.39 is 0 Å². The average molecular weight is 317 g/mol. The SMILES string of the molecule is [O-2].[O-2].[O-2].[O-2].[O-2].[O-2].[Sb+3].[Ti+4].[V]. The summed E-state index contributed by atoms with van der Waals surface area (Å²) in [5.74, 6) is 0. The van der Waals surface area contributed by atoms with Crippen molar-refractivity contribution in [3.05, 3.63) is 0 Å². The van der Waals surface area contributed by atoms with Gasteiger partial charge in [-0.1, -0.05) is 0 Å². The van der Waals surface area contributed by atoms with Gasteiger partial charge in [-0.3, -0.25) is 0 Å². The van der Waals surface area contributed by atoms with E-state index in [9.17, 15) is 0 Å². The molecule has 0 saturated heterocycles. The molecular weight excluding hydrogens is 317 g/mol. The van der Waals surface area contributed by atoms with Crippen LogP contribution in [0.4, 0.5) is 0 Å². The standard InChI is InChI=1S/6O.Sb.Ti.V/q6*-2;+3;+4;. The fourth-order valence-corrected chi connectivity index (χ4v) is 0. The molecule has 0 atom stereocenters. The summed E-state index contributed by atoms with van der Waals surface area (Å²) in [6.07, 6.45) is 0. The molecule has 0 fully saturated rings. The van der Waals surface area contributed by atoms with Gasteiger partial charge in [0.25, 0.3) is 0 Å². The van der Waals surface area contributed by atoms with Crippen LogP contribution < -0.4 is 0 Å². The third kappa shape index (κ3) is 174. The molecule has 0 aromatic rings. The van der Waals surface area contributed by atoms with Gasteiger partial charge in [0.05, 0.1) is 0 Å². The van der Waals surface area contributed by atoms with E-state index >= 15 is 0 Å². The first-order valence-electron chi connectivity index (χ1n) is 0. The molecule has 6 nitrogen and oxygen atoms in total. The zero-order chi connectivity index (χ0) is 0. The van der Waals surface area contributed by atoms with Gasteiger partial charge in [0, 0.05) is 18.6 Å². The maximum Gasteiger partial charge on any atom is 4.00 e. The third-order valence-corrected chi connectivity index (χ3v) is 0. The molecule has 0 spiro atoms. The Balaban J connectivity index is 0. The van der Waals surface area contributed by atoms with Gasteiger partial charge in [-0.05, 0) is 0 Å². The quantitative estimate of drug-likeness (QED) is 0.494. The molecule has 9 heteroatoms. The van der Waals surface area contributed by atoms with Crippen molar-refractivity contribution >= 4 is 24.4 Å². The molecule has 0 unspecified atom stereocenters. The normalized spacial score (nSPS) is 0. The summed E-state index contributed by atoms with van der Waals surface area (Å²) in [6.45, 7) is 0. The molecule has 0 aromatic heterocycles. The van der Waals surface area contributed by atoms with Crippen molar-refractivity contribution in [2.45, 2.75) is 0 Å². The number of rotatable bonds is 0. The van der Waals surface area contributed by atoms with Crippen LogP contribution >= 0.6 is 0 Å². The topological polar surface area (TPSA) is 171 Å². The maximum absolute atomic E-state index is 0. The second kappa shape index (κ2) is 221. The van der Waals surface area contributed by atoms with Gasteiger partial charge in [-0.15, -0.1) is 0 Å². The van der Waals surface area contributed by atoms with Crippen molar-refractivity contribution in [1.82, 2.24) is 0 Å². The molecule has 0 aliphatic rings. The molecule has 0 aromatic carbocycles. The first-order valence-corrected chi connectivity index (χ1v) is 0. The largest absolute Gasteiger partial charge is 4.00 e. The Kier molecular flexibility index (Phi) is 7390. The summed E-state index contributed by atoms with van der Waals surface area (Å²) in [5, 5.41) is 0. The van der Waals surface area contributed by atoms with Crippen LogP contribution in [-0.4, -0.2) is 24.4 Å². The van der Waals surface area contributed by atoms with Crippen molar-refractivity contribution in [1.29, 1.82) is 0 Å². The Morgan fingerprint density at radius 3 is 0.444 bits per heavy atom. The van der Waals surface area contributed by atoms with E-state index in [2.05, 4.69) is 0 Å². The van der Waals surface area contributed by atoms with Crippen LogP contribution in [0.15, 0.2) is 0 Å². The average Bonchev–Trinajstić information content (AvgIpc) is 0. The molecule has 0 saturated carbocycles. The predicted molar refractivity (Wildman–Crippen MR) is 9.87 cm³/mol. The van der Waals surface area contributed by atoms with Crippen molar-refractivity contribution in [3.63, 3.8) is 0 Å². The Hall–Kier alpha value is 1.88. The second-order valence-electron chi connectivity index (χ2n) is 0. The molecule has 9 heavy (non-hydrogen) atoms. The van der Waals surface area contributed by atoms with Gasteiger partial charge < -0.3 is 32.9 Å². The predicted octanol–water partition coefficient (Wildman–Crippen LogP) is -1.10. The van der Waals surface area contributed by atoms with E-state index in [-0.39, 0.29) is 97.6 Å². The third-order valence-electron chi connectivity index (χ3n) is 0. The molecule has 0 aliphatic carbocycles. The van der Waals surface area contributed by atoms with E-state index in [1.807, 2.05) is 0 Å². The molecule has 0 aliphatic heterocycles. The molecular formula is O6SbTiV-5. The molecule has 0 bridgehead atoms. The molecule has 0 heterocycles.